The Labute approximate surface area is 96.5 Å². The molecule has 1 heterocycles. The first-order valence-electron chi connectivity index (χ1n) is 5.62. The highest BCUT2D eigenvalue weighted by Crippen LogP contribution is 2.03. The summed E-state index contributed by atoms with van der Waals surface area (Å²) in [5, 5.41) is 6.07. The Morgan fingerprint density at radius 3 is 2.94 bits per heavy atom. The van der Waals surface area contributed by atoms with Gasteiger partial charge in [0.2, 0.25) is 5.91 Å². The molecule has 0 spiro atoms. The van der Waals surface area contributed by atoms with Gasteiger partial charge in [-0.2, -0.15) is 0 Å². The second-order valence-electron chi connectivity index (χ2n) is 4.00. The van der Waals surface area contributed by atoms with Crippen LogP contribution < -0.4 is 10.6 Å². The molecule has 0 aliphatic rings. The highest BCUT2D eigenvalue weighted by atomic mass is 16.1. The van der Waals surface area contributed by atoms with E-state index in [2.05, 4.69) is 29.5 Å². The van der Waals surface area contributed by atoms with Crippen LogP contribution >= 0.6 is 0 Å². The Morgan fingerprint density at radius 1 is 1.50 bits per heavy atom. The summed E-state index contributed by atoms with van der Waals surface area (Å²) in [6.07, 6.45) is 4.71. The molecule has 4 nitrogen and oxygen atoms in total. The first-order valence-corrected chi connectivity index (χ1v) is 5.62. The van der Waals surface area contributed by atoms with Gasteiger partial charge in [0.1, 0.15) is 0 Å². The van der Waals surface area contributed by atoms with Crippen molar-refractivity contribution in [3.05, 3.63) is 24.5 Å². The molecule has 1 aromatic heterocycles. The SMILES string of the molecule is CC(C)NCCCC(=O)Nc1cccnc1. The van der Waals surface area contributed by atoms with E-state index in [1.54, 1.807) is 18.5 Å². The van der Waals surface area contributed by atoms with Gasteiger partial charge in [0.05, 0.1) is 11.9 Å². The smallest absolute Gasteiger partial charge is 0.224 e. The molecular weight excluding hydrogens is 202 g/mol. The van der Waals surface area contributed by atoms with Crippen LogP contribution in [0.25, 0.3) is 0 Å². The lowest BCUT2D eigenvalue weighted by atomic mass is 10.2. The van der Waals surface area contributed by atoms with E-state index in [-0.39, 0.29) is 5.91 Å². The van der Waals surface area contributed by atoms with Crippen molar-refractivity contribution in [2.45, 2.75) is 32.7 Å². The van der Waals surface area contributed by atoms with Gasteiger partial charge in [-0.15, -0.1) is 0 Å². The number of carbonyl (C=O) groups is 1. The number of carbonyl (C=O) groups excluding carboxylic acids is 1. The normalized spacial score (nSPS) is 10.4. The molecule has 1 aromatic rings. The molecular formula is C12H19N3O. The molecule has 0 saturated heterocycles. The van der Waals surface area contributed by atoms with Crippen LogP contribution in [-0.4, -0.2) is 23.5 Å². The van der Waals surface area contributed by atoms with Crippen molar-refractivity contribution in [3.8, 4) is 0 Å². The minimum Gasteiger partial charge on any atom is -0.325 e. The lowest BCUT2D eigenvalue weighted by Crippen LogP contribution is -2.24. The minimum atomic E-state index is 0.0403. The first-order chi connectivity index (χ1) is 7.68. The monoisotopic (exact) mass is 221 g/mol. The van der Waals surface area contributed by atoms with Crippen LogP contribution in [0.4, 0.5) is 5.69 Å². The van der Waals surface area contributed by atoms with Gasteiger partial charge in [0.25, 0.3) is 0 Å². The third kappa shape index (κ3) is 5.46. The van der Waals surface area contributed by atoms with Gasteiger partial charge in [-0.25, -0.2) is 0 Å². The molecule has 0 radical (unpaired) electrons. The van der Waals surface area contributed by atoms with Crippen molar-refractivity contribution >= 4 is 11.6 Å². The van der Waals surface area contributed by atoms with Crippen LogP contribution in [0.15, 0.2) is 24.5 Å². The molecule has 88 valence electrons. The summed E-state index contributed by atoms with van der Waals surface area (Å²) in [5.74, 6) is 0.0403. The van der Waals surface area contributed by atoms with Crippen LogP contribution in [0, 0.1) is 0 Å². The first kappa shape index (κ1) is 12.6. The number of nitrogens with zero attached hydrogens (tertiary/aromatic N) is 1. The second-order valence-corrected chi connectivity index (χ2v) is 4.00. The molecule has 16 heavy (non-hydrogen) atoms. The summed E-state index contributed by atoms with van der Waals surface area (Å²) in [5.41, 5.74) is 0.754. The van der Waals surface area contributed by atoms with Gasteiger partial charge in [0, 0.05) is 18.7 Å². The van der Waals surface area contributed by atoms with Crippen LogP contribution in [0.5, 0.6) is 0 Å². The topological polar surface area (TPSA) is 54.0 Å². The average Bonchev–Trinajstić information content (AvgIpc) is 2.25. The van der Waals surface area contributed by atoms with Crippen LogP contribution in [-0.2, 0) is 4.79 Å². The predicted octanol–water partition coefficient (Wildman–Crippen LogP) is 1.80. The van der Waals surface area contributed by atoms with Gasteiger partial charge in [-0.05, 0) is 25.1 Å². The third-order valence-electron chi connectivity index (χ3n) is 2.08. The summed E-state index contributed by atoms with van der Waals surface area (Å²) in [4.78, 5) is 15.4. The fourth-order valence-electron chi connectivity index (χ4n) is 1.30. The molecule has 1 rings (SSSR count). The van der Waals surface area contributed by atoms with E-state index in [1.807, 2.05) is 6.07 Å². The summed E-state index contributed by atoms with van der Waals surface area (Å²) >= 11 is 0. The van der Waals surface area contributed by atoms with Gasteiger partial charge < -0.3 is 10.6 Å². The van der Waals surface area contributed by atoms with Gasteiger partial charge in [-0.3, -0.25) is 9.78 Å². The fourth-order valence-corrected chi connectivity index (χ4v) is 1.30. The average molecular weight is 221 g/mol. The summed E-state index contributed by atoms with van der Waals surface area (Å²) in [6.45, 7) is 5.06. The number of amides is 1. The van der Waals surface area contributed by atoms with Gasteiger partial charge in [-0.1, -0.05) is 13.8 Å². The van der Waals surface area contributed by atoms with Crippen molar-refractivity contribution in [1.29, 1.82) is 0 Å². The van der Waals surface area contributed by atoms with Gasteiger partial charge in [0.15, 0.2) is 0 Å². The van der Waals surface area contributed by atoms with Crippen LogP contribution in [0.3, 0.4) is 0 Å². The summed E-state index contributed by atoms with van der Waals surface area (Å²) < 4.78 is 0. The van der Waals surface area contributed by atoms with E-state index in [0.29, 0.717) is 12.5 Å². The highest BCUT2D eigenvalue weighted by molar-refractivity contribution is 5.90. The molecule has 0 fully saturated rings. The Balaban J connectivity index is 2.17. The molecule has 0 atom stereocenters. The largest absolute Gasteiger partial charge is 0.325 e. The van der Waals surface area contributed by atoms with Crippen LogP contribution in [0.1, 0.15) is 26.7 Å². The zero-order valence-corrected chi connectivity index (χ0v) is 9.86. The molecule has 0 aliphatic heterocycles. The number of rotatable bonds is 6. The maximum absolute atomic E-state index is 11.5. The Kier molecular flexibility index (Phi) is 5.50. The number of aromatic nitrogens is 1. The fraction of sp³-hybridized carbons (Fsp3) is 0.500. The lowest BCUT2D eigenvalue weighted by Gasteiger charge is -2.07. The number of anilines is 1. The maximum atomic E-state index is 11.5. The second kappa shape index (κ2) is 6.95. The number of pyridine rings is 1. The van der Waals surface area contributed by atoms with Crippen molar-refractivity contribution in [1.82, 2.24) is 10.3 Å². The van der Waals surface area contributed by atoms with E-state index in [0.717, 1.165) is 18.7 Å². The molecule has 0 aliphatic carbocycles. The Hall–Kier alpha value is -1.42. The molecule has 0 aromatic carbocycles. The van der Waals surface area contributed by atoms with Crippen molar-refractivity contribution < 1.29 is 4.79 Å². The zero-order valence-electron chi connectivity index (χ0n) is 9.86. The number of nitrogens with one attached hydrogen (secondary N) is 2. The predicted molar refractivity (Wildman–Crippen MR) is 65.2 cm³/mol. The molecule has 2 N–H and O–H groups in total. The maximum Gasteiger partial charge on any atom is 0.224 e. The van der Waals surface area contributed by atoms with E-state index in [9.17, 15) is 4.79 Å². The zero-order chi connectivity index (χ0) is 11.8. The number of hydrogen-bond donors (Lipinski definition) is 2. The molecule has 0 saturated carbocycles. The number of hydrogen-bond acceptors (Lipinski definition) is 3. The standard InChI is InChI=1S/C12H19N3O/c1-10(2)14-8-4-6-12(16)15-11-5-3-7-13-9-11/h3,5,7,9-10,14H,4,6,8H2,1-2H3,(H,15,16). The lowest BCUT2D eigenvalue weighted by molar-refractivity contribution is -0.116. The molecule has 1 amide bonds. The van der Waals surface area contributed by atoms with Crippen molar-refractivity contribution in [2.24, 2.45) is 0 Å². The minimum absolute atomic E-state index is 0.0403. The van der Waals surface area contributed by atoms with Crippen molar-refractivity contribution in [2.75, 3.05) is 11.9 Å². The van der Waals surface area contributed by atoms with E-state index >= 15 is 0 Å². The third-order valence-corrected chi connectivity index (χ3v) is 2.08. The van der Waals surface area contributed by atoms with E-state index in [1.165, 1.54) is 0 Å². The quantitative estimate of drug-likeness (QED) is 0.720. The summed E-state index contributed by atoms with van der Waals surface area (Å²) in [7, 11) is 0. The molecule has 0 bridgehead atoms. The molecule has 0 unspecified atom stereocenters. The molecule has 4 heteroatoms. The van der Waals surface area contributed by atoms with E-state index < -0.39 is 0 Å². The van der Waals surface area contributed by atoms with Gasteiger partial charge >= 0.3 is 0 Å². The van der Waals surface area contributed by atoms with Crippen molar-refractivity contribution in [3.63, 3.8) is 0 Å². The highest BCUT2D eigenvalue weighted by Gasteiger charge is 2.01. The Morgan fingerprint density at radius 2 is 2.31 bits per heavy atom. The van der Waals surface area contributed by atoms with E-state index in [4.69, 9.17) is 0 Å². The summed E-state index contributed by atoms with van der Waals surface area (Å²) in [6, 6.07) is 4.11. The Bertz CT molecular complexity index is 311. The van der Waals surface area contributed by atoms with Crippen LogP contribution in [0.2, 0.25) is 0 Å².